The lowest BCUT2D eigenvalue weighted by atomic mass is 10.1. The van der Waals surface area contributed by atoms with E-state index in [-0.39, 0.29) is 0 Å². The van der Waals surface area contributed by atoms with Crippen molar-refractivity contribution in [2.75, 3.05) is 7.05 Å². The van der Waals surface area contributed by atoms with Crippen LogP contribution in [0.25, 0.3) is 11.3 Å². The number of halogens is 1. The summed E-state index contributed by atoms with van der Waals surface area (Å²) in [4.78, 5) is 0. The van der Waals surface area contributed by atoms with Crippen LogP contribution in [0.3, 0.4) is 0 Å². The monoisotopic (exact) mass is 307 g/mol. The van der Waals surface area contributed by atoms with Crippen LogP contribution < -0.4 is 5.32 Å². The van der Waals surface area contributed by atoms with E-state index >= 15 is 0 Å². The van der Waals surface area contributed by atoms with Crippen LogP contribution in [0, 0.1) is 0 Å². The van der Waals surface area contributed by atoms with Crippen molar-refractivity contribution in [2.45, 2.75) is 19.9 Å². The maximum atomic E-state index is 4.58. The van der Waals surface area contributed by atoms with Crippen LogP contribution in [0.5, 0.6) is 0 Å². The quantitative estimate of drug-likeness (QED) is 0.940. The Morgan fingerprint density at radius 3 is 2.50 bits per heavy atom. The minimum absolute atomic E-state index is 0.803. The van der Waals surface area contributed by atoms with Crippen LogP contribution in [0.1, 0.15) is 18.2 Å². The van der Waals surface area contributed by atoms with Gasteiger partial charge in [-0.05, 0) is 35.0 Å². The molecule has 96 valence electrons. The van der Waals surface area contributed by atoms with Gasteiger partial charge in [-0.15, -0.1) is 0 Å². The molecule has 1 heterocycles. The number of nitrogens with zero attached hydrogens (tertiary/aromatic N) is 2. The number of aromatic nitrogens is 2. The Morgan fingerprint density at radius 2 is 1.94 bits per heavy atom. The largest absolute Gasteiger partial charge is 0.314 e. The summed E-state index contributed by atoms with van der Waals surface area (Å²) in [5, 5.41) is 7.74. The van der Waals surface area contributed by atoms with Crippen molar-refractivity contribution in [3.05, 3.63) is 40.0 Å². The number of hydrogen-bond donors (Lipinski definition) is 1. The van der Waals surface area contributed by atoms with Gasteiger partial charge in [0.1, 0.15) is 5.69 Å². The molecule has 0 amide bonds. The van der Waals surface area contributed by atoms with Gasteiger partial charge in [0.15, 0.2) is 0 Å². The van der Waals surface area contributed by atoms with Gasteiger partial charge in [-0.1, -0.05) is 31.2 Å². The second kappa shape index (κ2) is 5.67. The fraction of sp³-hybridized carbons (Fsp3) is 0.357. The predicted octanol–water partition coefficient (Wildman–Crippen LogP) is 3.13. The Labute approximate surface area is 116 Å². The van der Waals surface area contributed by atoms with E-state index in [0.29, 0.717) is 0 Å². The molecule has 18 heavy (non-hydrogen) atoms. The average Bonchev–Trinajstić information content (AvgIpc) is 2.67. The first-order chi connectivity index (χ1) is 8.67. The summed E-state index contributed by atoms with van der Waals surface area (Å²) in [7, 11) is 3.91. The van der Waals surface area contributed by atoms with E-state index in [1.165, 1.54) is 5.56 Å². The number of aryl methyl sites for hydroxylation is 2. The summed E-state index contributed by atoms with van der Waals surface area (Å²) < 4.78 is 2.99. The molecule has 0 atom stereocenters. The zero-order valence-electron chi connectivity index (χ0n) is 11.0. The fourth-order valence-electron chi connectivity index (χ4n) is 1.98. The molecule has 0 saturated carbocycles. The molecule has 1 N–H and O–H groups in total. The number of rotatable bonds is 4. The Kier molecular flexibility index (Phi) is 4.19. The van der Waals surface area contributed by atoms with E-state index < -0.39 is 0 Å². The minimum Gasteiger partial charge on any atom is -0.314 e. The summed E-state index contributed by atoms with van der Waals surface area (Å²) in [6.07, 6.45) is 1.06. The molecule has 0 aliphatic heterocycles. The lowest BCUT2D eigenvalue weighted by Crippen LogP contribution is -2.10. The first-order valence-electron chi connectivity index (χ1n) is 6.12. The zero-order chi connectivity index (χ0) is 13.1. The standard InChI is InChI=1S/C14H18BrN3/c1-4-10-5-7-11(8-6-10)14-13(15)12(9-16-2)18(3)17-14/h5-8,16H,4,9H2,1-3H3. The van der Waals surface area contributed by atoms with Gasteiger partial charge in [-0.3, -0.25) is 4.68 Å². The van der Waals surface area contributed by atoms with Gasteiger partial charge in [0.25, 0.3) is 0 Å². The van der Waals surface area contributed by atoms with Crippen LogP contribution in [0.4, 0.5) is 0 Å². The van der Waals surface area contributed by atoms with Crippen LogP contribution in [-0.4, -0.2) is 16.8 Å². The molecule has 0 aliphatic carbocycles. The maximum absolute atomic E-state index is 4.58. The van der Waals surface area contributed by atoms with Gasteiger partial charge < -0.3 is 5.32 Å². The third-order valence-corrected chi connectivity index (χ3v) is 3.91. The van der Waals surface area contributed by atoms with E-state index in [1.807, 2.05) is 18.8 Å². The average molecular weight is 308 g/mol. The molecule has 2 aromatic rings. The Balaban J connectivity index is 2.40. The minimum atomic E-state index is 0.803. The molecule has 0 spiro atoms. The lowest BCUT2D eigenvalue weighted by molar-refractivity contribution is 0.671. The summed E-state index contributed by atoms with van der Waals surface area (Å²) in [6, 6.07) is 8.59. The molecular formula is C14H18BrN3. The molecule has 3 nitrogen and oxygen atoms in total. The first kappa shape index (κ1) is 13.3. The van der Waals surface area contributed by atoms with Crippen LogP contribution in [0.15, 0.2) is 28.7 Å². The van der Waals surface area contributed by atoms with Gasteiger partial charge in [0, 0.05) is 19.2 Å². The van der Waals surface area contributed by atoms with Gasteiger partial charge in [0.2, 0.25) is 0 Å². The molecule has 0 saturated heterocycles. The molecule has 4 heteroatoms. The van der Waals surface area contributed by atoms with E-state index in [0.717, 1.165) is 34.4 Å². The molecule has 1 aromatic carbocycles. The van der Waals surface area contributed by atoms with Crippen molar-refractivity contribution in [3.63, 3.8) is 0 Å². The van der Waals surface area contributed by atoms with Gasteiger partial charge >= 0.3 is 0 Å². The molecule has 0 radical (unpaired) electrons. The molecule has 0 aliphatic rings. The SMILES string of the molecule is CCc1ccc(-c2nn(C)c(CNC)c2Br)cc1. The smallest absolute Gasteiger partial charge is 0.107 e. The summed E-state index contributed by atoms with van der Waals surface area (Å²) in [6.45, 7) is 2.97. The number of nitrogens with one attached hydrogen (secondary N) is 1. The second-order valence-electron chi connectivity index (χ2n) is 4.31. The molecular weight excluding hydrogens is 290 g/mol. The summed E-state index contributed by atoms with van der Waals surface area (Å²) in [5.74, 6) is 0. The maximum Gasteiger partial charge on any atom is 0.107 e. The topological polar surface area (TPSA) is 29.9 Å². The van der Waals surface area contributed by atoms with Gasteiger partial charge in [-0.2, -0.15) is 5.10 Å². The first-order valence-corrected chi connectivity index (χ1v) is 6.92. The Hall–Kier alpha value is -1.13. The summed E-state index contributed by atoms with van der Waals surface area (Å²) >= 11 is 3.65. The normalized spacial score (nSPS) is 10.9. The van der Waals surface area contributed by atoms with Crippen LogP contribution in [-0.2, 0) is 20.0 Å². The van der Waals surface area contributed by atoms with Crippen molar-refractivity contribution in [3.8, 4) is 11.3 Å². The molecule has 0 bridgehead atoms. The van der Waals surface area contributed by atoms with Crippen molar-refractivity contribution >= 4 is 15.9 Å². The third kappa shape index (κ3) is 2.49. The van der Waals surface area contributed by atoms with E-state index in [9.17, 15) is 0 Å². The van der Waals surface area contributed by atoms with Gasteiger partial charge in [-0.25, -0.2) is 0 Å². The summed E-state index contributed by atoms with van der Waals surface area (Å²) in [5.41, 5.74) is 4.66. The Morgan fingerprint density at radius 1 is 1.28 bits per heavy atom. The van der Waals surface area contributed by atoms with E-state index in [4.69, 9.17) is 0 Å². The molecule has 0 fully saturated rings. The Bertz CT molecular complexity index is 529. The highest BCUT2D eigenvalue weighted by Crippen LogP contribution is 2.30. The second-order valence-corrected chi connectivity index (χ2v) is 5.11. The van der Waals surface area contributed by atoms with Crippen molar-refractivity contribution in [1.29, 1.82) is 0 Å². The highest BCUT2D eigenvalue weighted by Gasteiger charge is 2.14. The number of hydrogen-bond acceptors (Lipinski definition) is 2. The molecule has 0 unspecified atom stereocenters. The predicted molar refractivity (Wildman–Crippen MR) is 78.5 cm³/mol. The van der Waals surface area contributed by atoms with Gasteiger partial charge in [0.05, 0.1) is 10.2 Å². The van der Waals surface area contributed by atoms with E-state index in [1.54, 1.807) is 0 Å². The van der Waals surface area contributed by atoms with Crippen LogP contribution >= 0.6 is 15.9 Å². The fourth-order valence-corrected chi connectivity index (χ4v) is 2.68. The highest BCUT2D eigenvalue weighted by molar-refractivity contribution is 9.10. The molecule has 2 rings (SSSR count). The van der Waals surface area contributed by atoms with Crippen molar-refractivity contribution in [2.24, 2.45) is 7.05 Å². The van der Waals surface area contributed by atoms with E-state index in [2.05, 4.69) is 57.5 Å². The van der Waals surface area contributed by atoms with Crippen molar-refractivity contribution < 1.29 is 0 Å². The number of benzene rings is 1. The van der Waals surface area contributed by atoms with Crippen LogP contribution in [0.2, 0.25) is 0 Å². The zero-order valence-corrected chi connectivity index (χ0v) is 12.6. The highest BCUT2D eigenvalue weighted by atomic mass is 79.9. The molecule has 1 aromatic heterocycles. The van der Waals surface area contributed by atoms with Crippen molar-refractivity contribution in [1.82, 2.24) is 15.1 Å². The third-order valence-electron chi connectivity index (χ3n) is 3.08. The lowest BCUT2D eigenvalue weighted by Gasteiger charge is -2.01.